The molecule has 0 N–H and O–H groups in total. The van der Waals surface area contributed by atoms with Crippen LogP contribution in [0.5, 0.6) is 5.75 Å². The molecule has 0 amide bonds. The van der Waals surface area contributed by atoms with Gasteiger partial charge in [-0.05, 0) is 52.9 Å². The Labute approximate surface area is 195 Å². The van der Waals surface area contributed by atoms with Crippen LogP contribution >= 0.6 is 0 Å². The molecule has 0 aromatic heterocycles. The molecule has 1 aliphatic carbocycles. The third-order valence-corrected chi connectivity index (χ3v) is 6.85. The molecular weight excluding hydrogens is 408 g/mol. The van der Waals surface area contributed by atoms with Gasteiger partial charge in [-0.3, -0.25) is 4.79 Å². The molecule has 0 unspecified atom stereocenters. The number of hydrogen-bond donors (Lipinski definition) is 0. The first-order valence-electron chi connectivity index (χ1n) is 12.0. The Bertz CT molecular complexity index is 1220. The zero-order chi connectivity index (χ0) is 22.6. The van der Waals surface area contributed by atoms with Crippen molar-refractivity contribution >= 4 is 27.5 Å². The van der Waals surface area contributed by atoms with Gasteiger partial charge in [0.15, 0.2) is 0 Å². The predicted molar refractivity (Wildman–Crippen MR) is 134 cm³/mol. The number of ether oxygens (including phenoxy) is 2. The quantitative estimate of drug-likeness (QED) is 0.230. The van der Waals surface area contributed by atoms with Gasteiger partial charge in [-0.1, -0.05) is 80.1 Å². The van der Waals surface area contributed by atoms with Crippen molar-refractivity contribution in [1.29, 1.82) is 0 Å². The average Bonchev–Trinajstić information content (AvgIpc) is 2.87. The third-order valence-electron chi connectivity index (χ3n) is 6.85. The Morgan fingerprint density at radius 3 is 2.21 bits per heavy atom. The first-order valence-corrected chi connectivity index (χ1v) is 12.0. The second kappa shape index (κ2) is 9.66. The molecular formula is C30H30O3. The molecule has 0 radical (unpaired) electrons. The van der Waals surface area contributed by atoms with Crippen molar-refractivity contribution in [3.63, 3.8) is 0 Å². The van der Waals surface area contributed by atoms with E-state index in [4.69, 9.17) is 9.47 Å². The van der Waals surface area contributed by atoms with Crippen LogP contribution in [0.25, 0.3) is 21.5 Å². The molecule has 0 aliphatic heterocycles. The molecule has 3 nitrogen and oxygen atoms in total. The molecule has 168 valence electrons. The summed E-state index contributed by atoms with van der Waals surface area (Å²) >= 11 is 0. The maximum Gasteiger partial charge on any atom is 0.305 e. The number of benzene rings is 4. The van der Waals surface area contributed by atoms with Gasteiger partial charge in [0.1, 0.15) is 18.5 Å². The van der Waals surface area contributed by atoms with Crippen LogP contribution in [-0.2, 0) is 16.1 Å². The van der Waals surface area contributed by atoms with Crippen molar-refractivity contribution in [3.8, 4) is 5.75 Å². The van der Waals surface area contributed by atoms with Gasteiger partial charge in [-0.2, -0.15) is 0 Å². The summed E-state index contributed by atoms with van der Waals surface area (Å²) in [6, 6.07) is 27.5. The molecule has 0 heterocycles. The van der Waals surface area contributed by atoms with Gasteiger partial charge < -0.3 is 9.47 Å². The highest BCUT2D eigenvalue weighted by Gasteiger charge is 2.31. The van der Waals surface area contributed by atoms with E-state index in [1.807, 2.05) is 13.0 Å². The van der Waals surface area contributed by atoms with Gasteiger partial charge in [-0.25, -0.2) is 0 Å². The van der Waals surface area contributed by atoms with Crippen LogP contribution in [0, 0.1) is 0 Å². The number of carbonyl (C=O) groups is 1. The van der Waals surface area contributed by atoms with Gasteiger partial charge in [-0.15, -0.1) is 0 Å². The minimum absolute atomic E-state index is 0.0747. The summed E-state index contributed by atoms with van der Waals surface area (Å²) in [5.41, 5.74) is 2.35. The van der Waals surface area contributed by atoms with E-state index in [2.05, 4.69) is 72.8 Å². The van der Waals surface area contributed by atoms with Crippen LogP contribution in [0.4, 0.5) is 0 Å². The number of para-hydroxylation sites is 1. The van der Waals surface area contributed by atoms with E-state index in [1.54, 1.807) is 0 Å². The summed E-state index contributed by atoms with van der Waals surface area (Å²) in [5.74, 6) is 0.946. The Kier molecular flexibility index (Phi) is 6.30. The second-order valence-corrected chi connectivity index (χ2v) is 8.90. The molecule has 1 fully saturated rings. The summed E-state index contributed by atoms with van der Waals surface area (Å²) in [5, 5.41) is 4.89. The first kappa shape index (κ1) is 21.5. The molecule has 0 spiro atoms. The van der Waals surface area contributed by atoms with E-state index in [9.17, 15) is 4.79 Å². The van der Waals surface area contributed by atoms with Gasteiger partial charge in [0.05, 0.1) is 0 Å². The molecule has 3 heteroatoms. The van der Waals surface area contributed by atoms with Crippen LogP contribution in [0.2, 0.25) is 0 Å². The third kappa shape index (κ3) is 4.45. The van der Waals surface area contributed by atoms with Crippen molar-refractivity contribution < 1.29 is 14.3 Å². The summed E-state index contributed by atoms with van der Waals surface area (Å²) in [6.45, 7) is 2.34. The van der Waals surface area contributed by atoms with Gasteiger partial charge in [0.2, 0.25) is 0 Å². The minimum atomic E-state index is -0.118. The van der Waals surface area contributed by atoms with Crippen molar-refractivity contribution in [3.05, 3.63) is 90.0 Å². The number of fused-ring (bicyclic) bond motifs is 2. The fourth-order valence-electron chi connectivity index (χ4n) is 5.18. The largest absolute Gasteiger partial charge is 0.489 e. The molecule has 4 aromatic carbocycles. The molecule has 1 aliphatic rings. The minimum Gasteiger partial charge on any atom is -0.489 e. The number of rotatable bonds is 6. The summed E-state index contributed by atoms with van der Waals surface area (Å²) in [7, 11) is 0. The molecule has 0 saturated heterocycles. The van der Waals surface area contributed by atoms with E-state index in [1.165, 1.54) is 27.1 Å². The first-order chi connectivity index (χ1) is 16.2. The van der Waals surface area contributed by atoms with E-state index < -0.39 is 0 Å². The lowest BCUT2D eigenvalue weighted by molar-refractivity contribution is -0.151. The Morgan fingerprint density at radius 1 is 0.848 bits per heavy atom. The van der Waals surface area contributed by atoms with Crippen molar-refractivity contribution in [2.45, 2.75) is 57.7 Å². The Balaban J connectivity index is 1.48. The monoisotopic (exact) mass is 438 g/mol. The summed E-state index contributed by atoms with van der Waals surface area (Å²) in [4.78, 5) is 12.0. The average molecular weight is 439 g/mol. The lowest BCUT2D eigenvalue weighted by Crippen LogP contribution is -2.28. The zero-order valence-corrected chi connectivity index (χ0v) is 19.1. The molecule has 2 atom stereocenters. The van der Waals surface area contributed by atoms with Gasteiger partial charge >= 0.3 is 5.97 Å². The number of esters is 1. The number of carbonyl (C=O) groups excluding carboxylic acids is 1. The van der Waals surface area contributed by atoms with E-state index in [0.29, 0.717) is 13.0 Å². The standard InChI is InChI=1S/C30H30O3/c1-2-30(31)33-29-18-10-8-16-26(29)25-15-7-9-17-28(25)32-20-27-23-13-5-3-11-21(23)19-22-12-4-6-14-24(22)27/h3-7,9,11-15,17,19,26,29H,2,8,10,16,18,20H2,1H3/t26-,29+/m0/s1. The van der Waals surface area contributed by atoms with E-state index in [-0.39, 0.29) is 18.0 Å². The topological polar surface area (TPSA) is 35.5 Å². The summed E-state index contributed by atoms with van der Waals surface area (Å²) in [6.07, 6.45) is 4.51. The Hall–Kier alpha value is -3.33. The van der Waals surface area contributed by atoms with E-state index >= 15 is 0 Å². The number of hydrogen-bond acceptors (Lipinski definition) is 3. The SMILES string of the molecule is CCC(=O)O[C@@H]1CCCC[C@H]1c1ccccc1OCc1c2ccccc2cc2ccccc12. The summed E-state index contributed by atoms with van der Waals surface area (Å²) < 4.78 is 12.4. The fourth-order valence-corrected chi connectivity index (χ4v) is 5.18. The van der Waals surface area contributed by atoms with Crippen molar-refractivity contribution in [1.82, 2.24) is 0 Å². The zero-order valence-electron chi connectivity index (χ0n) is 19.1. The smallest absolute Gasteiger partial charge is 0.305 e. The van der Waals surface area contributed by atoms with Crippen LogP contribution in [0.15, 0.2) is 78.9 Å². The maximum atomic E-state index is 12.0. The van der Waals surface area contributed by atoms with Gasteiger partial charge in [0.25, 0.3) is 0 Å². The Morgan fingerprint density at radius 2 is 1.48 bits per heavy atom. The molecule has 4 aromatic rings. The second-order valence-electron chi connectivity index (χ2n) is 8.90. The molecule has 1 saturated carbocycles. The molecule has 5 rings (SSSR count). The highest BCUT2D eigenvalue weighted by molar-refractivity contribution is 6.02. The highest BCUT2D eigenvalue weighted by Crippen LogP contribution is 2.40. The van der Waals surface area contributed by atoms with Crippen LogP contribution in [-0.4, -0.2) is 12.1 Å². The normalized spacial score (nSPS) is 18.3. The van der Waals surface area contributed by atoms with E-state index in [0.717, 1.165) is 37.0 Å². The van der Waals surface area contributed by atoms with Crippen molar-refractivity contribution in [2.24, 2.45) is 0 Å². The van der Waals surface area contributed by atoms with Crippen LogP contribution < -0.4 is 4.74 Å². The van der Waals surface area contributed by atoms with Crippen LogP contribution in [0.3, 0.4) is 0 Å². The molecule has 33 heavy (non-hydrogen) atoms. The lowest BCUT2D eigenvalue weighted by Gasteiger charge is -2.32. The highest BCUT2D eigenvalue weighted by atomic mass is 16.5. The maximum absolute atomic E-state index is 12.0. The molecule has 0 bridgehead atoms. The fraction of sp³-hybridized carbons (Fsp3) is 0.300. The lowest BCUT2D eigenvalue weighted by atomic mass is 9.81. The van der Waals surface area contributed by atoms with Crippen molar-refractivity contribution in [2.75, 3.05) is 0 Å². The van der Waals surface area contributed by atoms with Gasteiger partial charge in [0, 0.05) is 23.5 Å². The van der Waals surface area contributed by atoms with Crippen LogP contribution in [0.1, 0.15) is 56.1 Å². The predicted octanol–water partition coefficient (Wildman–Crippen LogP) is 7.55.